The summed E-state index contributed by atoms with van der Waals surface area (Å²) in [5.74, 6) is 2.37. The number of piperidine rings is 2. The molecule has 0 radical (unpaired) electrons. The second kappa shape index (κ2) is 17.3. The molecule has 2 N–H and O–H groups in total. The van der Waals surface area contributed by atoms with Gasteiger partial charge in [0.15, 0.2) is 0 Å². The summed E-state index contributed by atoms with van der Waals surface area (Å²) in [7, 11) is 0. The Kier molecular flexibility index (Phi) is 11.6. The van der Waals surface area contributed by atoms with E-state index in [4.69, 9.17) is 21.1 Å². The third-order valence-corrected chi connectivity index (χ3v) is 16.2. The van der Waals surface area contributed by atoms with Crippen LogP contribution >= 0.6 is 11.6 Å². The zero-order valence-electron chi connectivity index (χ0n) is 36.6. The van der Waals surface area contributed by atoms with Crippen molar-refractivity contribution in [1.82, 2.24) is 15.1 Å². The number of aromatic hydroxyl groups is 1. The number of hydrogen-bond donors (Lipinski definition) is 2. The molecule has 3 fully saturated rings. The monoisotopic (exact) mass is 868 g/mol. The molecule has 63 heavy (non-hydrogen) atoms. The molecule has 3 saturated heterocycles. The molecule has 0 bridgehead atoms. The molecule has 10 rings (SSSR count). The number of phenolic OH excluding ortho intramolecular Hbond substituents is 1. The molecule has 0 aromatic heterocycles. The Morgan fingerprint density at radius 2 is 1.75 bits per heavy atom. The number of allylic oxidation sites excluding steroid dienone is 1. The quantitative estimate of drug-likeness (QED) is 0.145. The van der Waals surface area contributed by atoms with Gasteiger partial charge in [-0.1, -0.05) is 66.7 Å². The van der Waals surface area contributed by atoms with Crippen LogP contribution in [-0.4, -0.2) is 84.8 Å². The van der Waals surface area contributed by atoms with E-state index in [1.165, 1.54) is 39.9 Å². The van der Waals surface area contributed by atoms with Gasteiger partial charge in [-0.25, -0.2) is 0 Å². The zero-order valence-corrected chi connectivity index (χ0v) is 37.4. The molecule has 4 atom stereocenters. The molecule has 2 spiro atoms. The van der Waals surface area contributed by atoms with Crippen molar-refractivity contribution in [1.29, 1.82) is 0 Å². The van der Waals surface area contributed by atoms with Crippen LogP contribution < -0.4 is 15.0 Å². The first kappa shape index (κ1) is 42.1. The molecule has 330 valence electrons. The Balaban J connectivity index is 0.717. The first-order valence-corrected chi connectivity index (χ1v) is 23.8. The second-order valence-corrected chi connectivity index (χ2v) is 19.9. The summed E-state index contributed by atoms with van der Waals surface area (Å²) in [6.07, 6.45) is 10.5. The maximum absolute atomic E-state index is 13.6. The molecule has 2 amide bonds. The fourth-order valence-electron chi connectivity index (χ4n) is 12.1. The van der Waals surface area contributed by atoms with E-state index < -0.39 is 0 Å². The van der Waals surface area contributed by atoms with Gasteiger partial charge in [0.05, 0.1) is 35.9 Å². The average Bonchev–Trinajstić information content (AvgIpc) is 3.84. The molecule has 5 heterocycles. The molecular formula is C53H61ClN4O5. The molecule has 9 nitrogen and oxygen atoms in total. The molecule has 10 heteroatoms. The number of phenols is 1. The number of hydrogen-bond acceptors (Lipinski definition) is 7. The summed E-state index contributed by atoms with van der Waals surface area (Å²) in [6, 6.07) is 28.3. The Hall–Kier alpha value is -4.83. The van der Waals surface area contributed by atoms with Gasteiger partial charge < -0.3 is 34.6 Å². The number of ether oxygens (including phenoxy) is 2. The predicted molar refractivity (Wildman–Crippen MR) is 248 cm³/mol. The zero-order chi connectivity index (χ0) is 43.3. The largest absolute Gasteiger partial charge is 0.508 e. The first-order chi connectivity index (χ1) is 30.6. The lowest BCUT2D eigenvalue weighted by Crippen LogP contribution is -2.51. The van der Waals surface area contributed by atoms with Gasteiger partial charge in [0.2, 0.25) is 6.41 Å². The smallest absolute Gasteiger partial charge is 0.256 e. The number of nitrogens with one attached hydrogen (secondary N) is 1. The number of rotatable bonds is 11. The van der Waals surface area contributed by atoms with Crippen molar-refractivity contribution in [3.05, 3.63) is 135 Å². The number of halogens is 1. The maximum atomic E-state index is 13.6. The van der Waals surface area contributed by atoms with E-state index in [0.717, 1.165) is 95.6 Å². The molecule has 4 aromatic rings. The van der Waals surface area contributed by atoms with E-state index in [-0.39, 0.29) is 28.9 Å². The van der Waals surface area contributed by atoms with Gasteiger partial charge >= 0.3 is 0 Å². The Morgan fingerprint density at radius 1 is 0.968 bits per heavy atom. The van der Waals surface area contributed by atoms with Crippen LogP contribution in [0, 0.1) is 5.92 Å². The van der Waals surface area contributed by atoms with Crippen molar-refractivity contribution in [2.45, 2.75) is 107 Å². The minimum absolute atomic E-state index is 0.0134. The van der Waals surface area contributed by atoms with Gasteiger partial charge in [-0.05, 0) is 149 Å². The van der Waals surface area contributed by atoms with E-state index in [9.17, 15) is 14.7 Å². The van der Waals surface area contributed by atoms with E-state index in [2.05, 4.69) is 82.4 Å². The minimum atomic E-state index is -0.0804. The number of benzene rings is 4. The van der Waals surface area contributed by atoms with Crippen LogP contribution in [0.1, 0.15) is 120 Å². The lowest BCUT2D eigenvalue weighted by atomic mass is 9.69. The highest BCUT2D eigenvalue weighted by Crippen LogP contribution is 2.52. The van der Waals surface area contributed by atoms with Crippen molar-refractivity contribution >= 4 is 29.6 Å². The Labute approximate surface area is 377 Å². The molecule has 1 aliphatic carbocycles. The highest BCUT2D eigenvalue weighted by Gasteiger charge is 2.48. The summed E-state index contributed by atoms with van der Waals surface area (Å²) in [4.78, 5) is 31.5. The van der Waals surface area contributed by atoms with Crippen LogP contribution in [0.5, 0.6) is 11.5 Å². The van der Waals surface area contributed by atoms with Crippen LogP contribution in [0.2, 0.25) is 5.02 Å². The number of likely N-dealkylation sites (tertiary alicyclic amines) is 1. The van der Waals surface area contributed by atoms with E-state index >= 15 is 0 Å². The highest BCUT2D eigenvalue weighted by molar-refractivity contribution is 6.34. The van der Waals surface area contributed by atoms with Gasteiger partial charge in [-0.3, -0.25) is 9.59 Å². The van der Waals surface area contributed by atoms with Crippen molar-refractivity contribution in [2.75, 3.05) is 50.8 Å². The number of fused-ring (bicyclic) bond motifs is 5. The van der Waals surface area contributed by atoms with Gasteiger partial charge in [0.25, 0.3) is 5.91 Å². The van der Waals surface area contributed by atoms with Crippen LogP contribution in [0.25, 0.3) is 0 Å². The van der Waals surface area contributed by atoms with Gasteiger partial charge in [-0.15, -0.1) is 0 Å². The molecule has 5 aliphatic heterocycles. The summed E-state index contributed by atoms with van der Waals surface area (Å²) >= 11 is 6.92. The van der Waals surface area contributed by atoms with Gasteiger partial charge in [0, 0.05) is 59.5 Å². The summed E-state index contributed by atoms with van der Waals surface area (Å²) in [6.45, 7) is 13.0. The van der Waals surface area contributed by atoms with Crippen molar-refractivity contribution < 1.29 is 24.2 Å². The molecule has 0 saturated carbocycles. The van der Waals surface area contributed by atoms with Gasteiger partial charge in [0.1, 0.15) is 11.5 Å². The number of anilines is 1. The number of carbonyl (C=O) groups is 2. The van der Waals surface area contributed by atoms with E-state index in [1.807, 2.05) is 30.0 Å². The third-order valence-electron chi connectivity index (χ3n) is 15.9. The van der Waals surface area contributed by atoms with Crippen molar-refractivity contribution in [2.24, 2.45) is 5.92 Å². The molecule has 4 unspecified atom stereocenters. The van der Waals surface area contributed by atoms with Gasteiger partial charge in [-0.2, -0.15) is 0 Å². The maximum Gasteiger partial charge on any atom is 0.256 e. The SMILES string of the molecule is C=C(CCC(C)N1Cc2c3c(cc(Cl)c2C1=O)C1(CCN(CC2CCC4(CCN(c5ccc(C6c7ccc(O)cc7CCC6c6ccccc6)cc5)CC4)OC2)CC1)CO3)NC=O. The first-order valence-electron chi connectivity index (χ1n) is 23.4. The lowest BCUT2D eigenvalue weighted by molar-refractivity contribution is -0.117. The van der Waals surface area contributed by atoms with Crippen molar-refractivity contribution in [3.63, 3.8) is 0 Å². The lowest BCUT2D eigenvalue weighted by Gasteiger charge is -2.47. The number of aryl methyl sites for hydroxylation is 1. The average molecular weight is 870 g/mol. The van der Waals surface area contributed by atoms with Crippen LogP contribution in [0.3, 0.4) is 0 Å². The summed E-state index contributed by atoms with van der Waals surface area (Å²) in [5.41, 5.74) is 9.86. The van der Waals surface area contributed by atoms with Crippen LogP contribution in [-0.2, 0) is 27.9 Å². The minimum Gasteiger partial charge on any atom is -0.508 e. The summed E-state index contributed by atoms with van der Waals surface area (Å²) < 4.78 is 13.3. The normalized spacial score (nSPS) is 24.1. The number of nitrogens with zero attached hydrogens (tertiary/aromatic N) is 3. The molecular weight excluding hydrogens is 808 g/mol. The van der Waals surface area contributed by atoms with Crippen LogP contribution in [0.15, 0.2) is 91.1 Å². The summed E-state index contributed by atoms with van der Waals surface area (Å²) in [5, 5.41) is 13.4. The number of amides is 2. The highest BCUT2D eigenvalue weighted by atomic mass is 35.5. The molecule has 6 aliphatic rings. The topological polar surface area (TPSA) is 94.6 Å². The fraction of sp³-hybridized carbons (Fsp3) is 0.472. The van der Waals surface area contributed by atoms with E-state index in [0.29, 0.717) is 66.3 Å². The Bertz CT molecular complexity index is 2340. The van der Waals surface area contributed by atoms with E-state index in [1.54, 1.807) is 0 Å². The Morgan fingerprint density at radius 3 is 2.48 bits per heavy atom. The third kappa shape index (κ3) is 8.03. The van der Waals surface area contributed by atoms with Crippen LogP contribution in [0.4, 0.5) is 5.69 Å². The number of carbonyl (C=O) groups excluding carboxylic acids is 2. The fourth-order valence-corrected chi connectivity index (χ4v) is 12.4. The predicted octanol–water partition coefficient (Wildman–Crippen LogP) is 9.48. The standard InChI is InChI=1S/C53H61ClN4O5/c1-35(55-34-59)8-9-36(2)58-31-45-49(51(58)61)47(54)29-46-50(45)62-33-52(46)20-24-56(25-21-52)30-37-18-19-53(63-32-37)22-26-57(27-23-53)41-13-10-39(11-14-41)48-43(38-6-4-3-5-7-38)16-12-40-28-42(60)15-17-44(40)48/h3-7,10-11,13-15,17,28-29,34,36-37,43,48,60H,1,8-9,12,16,18-27,30-33H2,2H3,(H,55,59). The molecule has 4 aromatic carbocycles. The van der Waals surface area contributed by atoms with Crippen molar-refractivity contribution in [3.8, 4) is 11.5 Å². The second-order valence-electron chi connectivity index (χ2n) is 19.5.